The Bertz CT molecular complexity index is 1050. The largest absolute Gasteiger partial charge is 0.382 e. The maximum atomic E-state index is 13.4. The van der Waals surface area contributed by atoms with Gasteiger partial charge in [-0.2, -0.15) is 5.10 Å². The molecule has 0 spiro atoms. The SMILES string of the molecule is COC[C@H](NC(=O)c1nn(Cc2cccc(Cl)c2)c2c1CCCCCC2)c1ccccc1. The molecule has 0 fully saturated rings. The zero-order valence-electron chi connectivity index (χ0n) is 18.5. The lowest BCUT2D eigenvalue weighted by atomic mass is 9.96. The molecule has 1 heterocycles. The number of amides is 1. The van der Waals surface area contributed by atoms with E-state index in [9.17, 15) is 4.79 Å². The van der Waals surface area contributed by atoms with Gasteiger partial charge in [0.05, 0.1) is 19.2 Å². The Labute approximate surface area is 194 Å². The van der Waals surface area contributed by atoms with Crippen molar-refractivity contribution < 1.29 is 9.53 Å². The maximum Gasteiger partial charge on any atom is 0.272 e. The van der Waals surface area contributed by atoms with E-state index in [1.165, 1.54) is 18.5 Å². The summed E-state index contributed by atoms with van der Waals surface area (Å²) in [6.07, 6.45) is 6.43. The van der Waals surface area contributed by atoms with E-state index in [1.54, 1.807) is 7.11 Å². The zero-order chi connectivity index (χ0) is 22.3. The predicted octanol–water partition coefficient (Wildman–Crippen LogP) is 5.36. The summed E-state index contributed by atoms with van der Waals surface area (Å²) in [5.41, 5.74) is 4.91. The smallest absolute Gasteiger partial charge is 0.272 e. The van der Waals surface area contributed by atoms with Crippen LogP contribution in [-0.4, -0.2) is 29.4 Å². The number of nitrogens with one attached hydrogen (secondary N) is 1. The molecule has 1 aromatic heterocycles. The average molecular weight is 452 g/mol. The van der Waals surface area contributed by atoms with Crippen LogP contribution >= 0.6 is 11.6 Å². The van der Waals surface area contributed by atoms with Gasteiger partial charge in [-0.3, -0.25) is 9.48 Å². The van der Waals surface area contributed by atoms with Crippen molar-refractivity contribution in [3.8, 4) is 0 Å². The Kier molecular flexibility index (Phi) is 7.61. The van der Waals surface area contributed by atoms with E-state index in [0.717, 1.165) is 42.4 Å². The Balaban J connectivity index is 1.65. The molecule has 1 aliphatic carbocycles. The summed E-state index contributed by atoms with van der Waals surface area (Å²) in [6, 6.07) is 17.5. The lowest BCUT2D eigenvalue weighted by molar-refractivity contribution is 0.0889. The van der Waals surface area contributed by atoms with Crippen LogP contribution in [0.3, 0.4) is 0 Å². The molecule has 6 heteroatoms. The highest BCUT2D eigenvalue weighted by Crippen LogP contribution is 2.25. The van der Waals surface area contributed by atoms with Gasteiger partial charge >= 0.3 is 0 Å². The van der Waals surface area contributed by atoms with Crippen LogP contribution in [0.25, 0.3) is 0 Å². The van der Waals surface area contributed by atoms with Crippen LogP contribution < -0.4 is 5.32 Å². The fourth-order valence-electron chi connectivity index (χ4n) is 4.45. The monoisotopic (exact) mass is 451 g/mol. The van der Waals surface area contributed by atoms with Gasteiger partial charge < -0.3 is 10.1 Å². The Morgan fingerprint density at radius 3 is 2.62 bits per heavy atom. The molecule has 3 aromatic rings. The quantitative estimate of drug-likeness (QED) is 0.526. The second kappa shape index (κ2) is 10.8. The van der Waals surface area contributed by atoms with Crippen molar-refractivity contribution in [1.29, 1.82) is 0 Å². The van der Waals surface area contributed by atoms with Gasteiger partial charge in [0.15, 0.2) is 5.69 Å². The molecule has 32 heavy (non-hydrogen) atoms. The van der Waals surface area contributed by atoms with Gasteiger partial charge in [0.25, 0.3) is 5.91 Å². The van der Waals surface area contributed by atoms with Crippen molar-refractivity contribution in [3.63, 3.8) is 0 Å². The first-order valence-corrected chi connectivity index (χ1v) is 11.7. The molecular weight excluding hydrogens is 422 g/mol. The minimum absolute atomic E-state index is 0.141. The third-order valence-electron chi connectivity index (χ3n) is 6.03. The van der Waals surface area contributed by atoms with Gasteiger partial charge in [0.2, 0.25) is 0 Å². The number of fused-ring (bicyclic) bond motifs is 1. The number of carbonyl (C=O) groups excluding carboxylic acids is 1. The summed E-state index contributed by atoms with van der Waals surface area (Å²) in [5, 5.41) is 8.70. The van der Waals surface area contributed by atoms with Crippen molar-refractivity contribution in [2.45, 2.75) is 51.1 Å². The molecule has 5 nitrogen and oxygen atoms in total. The summed E-state index contributed by atoms with van der Waals surface area (Å²) in [5.74, 6) is -0.141. The van der Waals surface area contributed by atoms with E-state index < -0.39 is 0 Å². The number of hydrogen-bond donors (Lipinski definition) is 1. The lowest BCUT2D eigenvalue weighted by Gasteiger charge is -2.18. The molecule has 1 amide bonds. The fraction of sp³-hybridized carbons (Fsp3) is 0.385. The first-order chi connectivity index (χ1) is 15.7. The van der Waals surface area contributed by atoms with Crippen LogP contribution in [0, 0.1) is 0 Å². The number of halogens is 1. The zero-order valence-corrected chi connectivity index (χ0v) is 19.3. The van der Waals surface area contributed by atoms with Crippen molar-refractivity contribution in [3.05, 3.63) is 87.7 Å². The van der Waals surface area contributed by atoms with E-state index in [2.05, 4.69) is 5.32 Å². The van der Waals surface area contributed by atoms with Crippen molar-refractivity contribution >= 4 is 17.5 Å². The summed E-state index contributed by atoms with van der Waals surface area (Å²) in [6.45, 7) is 1.01. The fourth-order valence-corrected chi connectivity index (χ4v) is 4.66. The summed E-state index contributed by atoms with van der Waals surface area (Å²) in [7, 11) is 1.65. The van der Waals surface area contributed by atoms with Gasteiger partial charge in [-0.05, 0) is 48.9 Å². The van der Waals surface area contributed by atoms with Gasteiger partial charge in [-0.15, -0.1) is 0 Å². The number of hydrogen-bond acceptors (Lipinski definition) is 3. The first-order valence-electron chi connectivity index (χ1n) is 11.3. The Hall–Kier alpha value is -2.63. The Morgan fingerprint density at radius 1 is 1.09 bits per heavy atom. The molecular formula is C26H30ClN3O2. The van der Waals surface area contributed by atoms with Crippen LogP contribution in [0.15, 0.2) is 54.6 Å². The number of ether oxygens (including phenoxy) is 1. The molecule has 4 rings (SSSR count). The number of carbonyl (C=O) groups is 1. The molecule has 0 saturated carbocycles. The van der Waals surface area contributed by atoms with E-state index in [0.29, 0.717) is 23.9 Å². The Morgan fingerprint density at radius 2 is 1.88 bits per heavy atom. The number of rotatable bonds is 7. The van der Waals surface area contributed by atoms with Crippen molar-refractivity contribution in [1.82, 2.24) is 15.1 Å². The lowest BCUT2D eigenvalue weighted by Crippen LogP contribution is -2.32. The standard InChI is InChI=1S/C26H30ClN3O2/c1-32-18-23(20-11-5-4-6-12-20)28-26(31)25-22-14-7-2-3-8-15-24(22)30(29-25)17-19-10-9-13-21(27)16-19/h4-6,9-13,16,23H,2-3,7-8,14-15,17-18H2,1H3,(H,28,31)/t23-/m0/s1. The highest BCUT2D eigenvalue weighted by Gasteiger charge is 2.25. The third kappa shape index (κ3) is 5.40. The van der Waals surface area contributed by atoms with Crippen LogP contribution in [-0.2, 0) is 24.1 Å². The molecule has 2 aromatic carbocycles. The topological polar surface area (TPSA) is 56.1 Å². The van der Waals surface area contributed by atoms with Crippen LogP contribution in [0.4, 0.5) is 0 Å². The summed E-state index contributed by atoms with van der Waals surface area (Å²) < 4.78 is 7.40. The maximum absolute atomic E-state index is 13.4. The third-order valence-corrected chi connectivity index (χ3v) is 6.27. The molecule has 0 unspecified atom stereocenters. The van der Waals surface area contributed by atoms with Crippen LogP contribution in [0.2, 0.25) is 5.02 Å². The number of methoxy groups -OCH3 is 1. The molecule has 0 saturated heterocycles. The molecule has 1 N–H and O–H groups in total. The summed E-state index contributed by atoms with van der Waals surface area (Å²) >= 11 is 6.20. The van der Waals surface area contributed by atoms with Crippen molar-refractivity contribution in [2.75, 3.05) is 13.7 Å². The second-order valence-corrected chi connectivity index (χ2v) is 8.80. The highest BCUT2D eigenvalue weighted by molar-refractivity contribution is 6.30. The molecule has 0 bridgehead atoms. The number of aromatic nitrogens is 2. The van der Waals surface area contributed by atoms with E-state index >= 15 is 0 Å². The minimum atomic E-state index is -0.226. The molecule has 1 aliphatic rings. The van der Waals surface area contributed by atoms with Gasteiger partial charge in [-0.25, -0.2) is 0 Å². The van der Waals surface area contributed by atoms with Gasteiger partial charge in [-0.1, -0.05) is 66.9 Å². The highest BCUT2D eigenvalue weighted by atomic mass is 35.5. The van der Waals surface area contributed by atoms with Crippen molar-refractivity contribution in [2.24, 2.45) is 0 Å². The summed E-state index contributed by atoms with van der Waals surface area (Å²) in [4.78, 5) is 13.4. The van der Waals surface area contributed by atoms with Crippen LogP contribution in [0.1, 0.15) is 64.6 Å². The molecule has 0 aliphatic heterocycles. The van der Waals surface area contributed by atoms with E-state index in [1.807, 2.05) is 59.3 Å². The minimum Gasteiger partial charge on any atom is -0.382 e. The predicted molar refractivity (Wildman–Crippen MR) is 127 cm³/mol. The number of benzene rings is 2. The average Bonchev–Trinajstić information content (AvgIpc) is 3.09. The van der Waals surface area contributed by atoms with Crippen LogP contribution in [0.5, 0.6) is 0 Å². The molecule has 168 valence electrons. The van der Waals surface area contributed by atoms with E-state index in [4.69, 9.17) is 21.4 Å². The number of nitrogens with zero attached hydrogens (tertiary/aromatic N) is 2. The second-order valence-electron chi connectivity index (χ2n) is 8.37. The molecule has 0 radical (unpaired) electrons. The molecule has 1 atom stereocenters. The van der Waals surface area contributed by atoms with Gasteiger partial charge in [0.1, 0.15) is 0 Å². The first kappa shape index (κ1) is 22.6. The van der Waals surface area contributed by atoms with Gasteiger partial charge in [0, 0.05) is 23.4 Å². The van der Waals surface area contributed by atoms with E-state index in [-0.39, 0.29) is 11.9 Å². The normalized spacial score (nSPS) is 14.8.